The molecule has 2 heterocycles. The summed E-state index contributed by atoms with van der Waals surface area (Å²) in [5, 5.41) is 12.0. The Morgan fingerprint density at radius 3 is 2.86 bits per heavy atom. The maximum atomic E-state index is 12.4. The van der Waals surface area contributed by atoms with E-state index in [1.165, 1.54) is 0 Å². The lowest BCUT2D eigenvalue weighted by atomic mass is 9.93. The lowest BCUT2D eigenvalue weighted by Gasteiger charge is -2.29. The number of rotatable bonds is 3. The summed E-state index contributed by atoms with van der Waals surface area (Å²) in [6.07, 6.45) is 0.844. The maximum absolute atomic E-state index is 12.4. The molecule has 2 atom stereocenters. The van der Waals surface area contributed by atoms with Gasteiger partial charge in [0.2, 0.25) is 5.91 Å². The average molecular weight is 291 g/mol. The van der Waals surface area contributed by atoms with Gasteiger partial charge in [-0.05, 0) is 18.1 Å². The van der Waals surface area contributed by atoms with Crippen LogP contribution in [0.2, 0.25) is 0 Å². The van der Waals surface area contributed by atoms with Crippen molar-refractivity contribution in [2.75, 3.05) is 19.8 Å². The van der Waals surface area contributed by atoms with E-state index in [1.54, 1.807) is 0 Å². The predicted molar refractivity (Wildman–Crippen MR) is 73.1 cm³/mol. The highest BCUT2D eigenvalue weighted by Crippen LogP contribution is 2.28. The fourth-order valence-electron chi connectivity index (χ4n) is 2.72. The molecule has 2 N–H and O–H groups in total. The minimum Gasteiger partial charge on any atom is -0.492 e. The first-order chi connectivity index (χ1) is 10.1. The molecule has 3 rings (SSSR count). The molecule has 21 heavy (non-hydrogen) atoms. The number of aliphatic carboxylic acids is 1. The van der Waals surface area contributed by atoms with E-state index in [4.69, 9.17) is 9.47 Å². The summed E-state index contributed by atoms with van der Waals surface area (Å²) in [5.74, 6) is -0.932. The third-order valence-electron chi connectivity index (χ3n) is 4.04. The second-order valence-electron chi connectivity index (χ2n) is 5.50. The van der Waals surface area contributed by atoms with E-state index in [1.807, 2.05) is 24.3 Å². The SMILES string of the molecule is O=C(NC1(C(=O)O)CCOC1)C1COc2ccccc2C1. The molecule has 0 saturated carbocycles. The highest BCUT2D eigenvalue weighted by Gasteiger charge is 2.45. The van der Waals surface area contributed by atoms with Crippen molar-refractivity contribution < 1.29 is 24.2 Å². The number of hydrogen-bond donors (Lipinski definition) is 2. The molecular weight excluding hydrogens is 274 g/mol. The molecule has 1 aromatic carbocycles. The van der Waals surface area contributed by atoms with E-state index in [0.717, 1.165) is 11.3 Å². The smallest absolute Gasteiger partial charge is 0.331 e. The fourth-order valence-corrected chi connectivity index (χ4v) is 2.72. The molecule has 112 valence electrons. The van der Waals surface area contributed by atoms with Crippen LogP contribution in [0.1, 0.15) is 12.0 Å². The zero-order chi connectivity index (χ0) is 14.9. The Kier molecular flexibility index (Phi) is 3.55. The number of ether oxygens (including phenoxy) is 2. The molecule has 2 aliphatic heterocycles. The number of amides is 1. The van der Waals surface area contributed by atoms with E-state index in [9.17, 15) is 14.7 Å². The number of hydrogen-bond acceptors (Lipinski definition) is 4. The van der Waals surface area contributed by atoms with E-state index in [0.29, 0.717) is 13.0 Å². The zero-order valence-electron chi connectivity index (χ0n) is 11.5. The second-order valence-corrected chi connectivity index (χ2v) is 5.50. The summed E-state index contributed by atoms with van der Waals surface area (Å²) in [6.45, 7) is 0.619. The van der Waals surface area contributed by atoms with Gasteiger partial charge in [-0.15, -0.1) is 0 Å². The topological polar surface area (TPSA) is 84.9 Å². The van der Waals surface area contributed by atoms with E-state index >= 15 is 0 Å². The van der Waals surface area contributed by atoms with Crippen molar-refractivity contribution in [2.24, 2.45) is 5.92 Å². The zero-order valence-corrected chi connectivity index (χ0v) is 11.5. The summed E-state index contributed by atoms with van der Waals surface area (Å²) < 4.78 is 10.7. The van der Waals surface area contributed by atoms with Crippen molar-refractivity contribution in [2.45, 2.75) is 18.4 Å². The number of carbonyl (C=O) groups is 2. The Labute approximate surface area is 122 Å². The minimum atomic E-state index is -1.30. The van der Waals surface area contributed by atoms with Gasteiger partial charge in [0.15, 0.2) is 5.54 Å². The largest absolute Gasteiger partial charge is 0.492 e. The molecule has 6 nitrogen and oxygen atoms in total. The van der Waals surface area contributed by atoms with Gasteiger partial charge in [-0.3, -0.25) is 4.79 Å². The van der Waals surface area contributed by atoms with E-state index < -0.39 is 11.5 Å². The van der Waals surface area contributed by atoms with Crippen LogP contribution in [0.3, 0.4) is 0 Å². The number of carbonyl (C=O) groups excluding carboxylic acids is 1. The average Bonchev–Trinajstić information content (AvgIpc) is 2.96. The van der Waals surface area contributed by atoms with Gasteiger partial charge in [0.25, 0.3) is 0 Å². The van der Waals surface area contributed by atoms with Crippen LogP contribution in [0.25, 0.3) is 0 Å². The van der Waals surface area contributed by atoms with Crippen LogP contribution >= 0.6 is 0 Å². The van der Waals surface area contributed by atoms with Crippen LogP contribution in [-0.2, 0) is 20.7 Å². The van der Waals surface area contributed by atoms with Crippen LogP contribution in [0, 0.1) is 5.92 Å². The van der Waals surface area contributed by atoms with Gasteiger partial charge < -0.3 is 19.9 Å². The molecule has 0 bridgehead atoms. The second kappa shape index (κ2) is 5.37. The number of nitrogens with one attached hydrogen (secondary N) is 1. The molecule has 0 spiro atoms. The van der Waals surface area contributed by atoms with E-state index in [2.05, 4.69) is 5.32 Å². The Morgan fingerprint density at radius 1 is 1.33 bits per heavy atom. The molecule has 0 aliphatic carbocycles. The molecule has 0 aromatic heterocycles. The molecule has 2 aliphatic rings. The summed E-state index contributed by atoms with van der Waals surface area (Å²) in [4.78, 5) is 23.8. The fraction of sp³-hybridized carbons (Fsp3) is 0.467. The molecule has 1 fully saturated rings. The minimum absolute atomic E-state index is 0.0121. The lowest BCUT2D eigenvalue weighted by Crippen LogP contribution is -2.57. The van der Waals surface area contributed by atoms with Gasteiger partial charge >= 0.3 is 5.97 Å². The van der Waals surface area contributed by atoms with Gasteiger partial charge in [0.05, 0.1) is 12.5 Å². The molecule has 2 unspecified atom stereocenters. The summed E-state index contributed by atoms with van der Waals surface area (Å²) >= 11 is 0. The molecule has 1 saturated heterocycles. The van der Waals surface area contributed by atoms with Crippen molar-refractivity contribution in [3.8, 4) is 5.75 Å². The van der Waals surface area contributed by atoms with Gasteiger partial charge in [0.1, 0.15) is 12.4 Å². The van der Waals surface area contributed by atoms with Gasteiger partial charge in [0, 0.05) is 13.0 Å². The van der Waals surface area contributed by atoms with Crippen LogP contribution in [-0.4, -0.2) is 42.3 Å². The van der Waals surface area contributed by atoms with Crippen molar-refractivity contribution >= 4 is 11.9 Å². The monoisotopic (exact) mass is 291 g/mol. The van der Waals surface area contributed by atoms with Gasteiger partial charge in [-0.2, -0.15) is 0 Å². The summed E-state index contributed by atoms with van der Waals surface area (Å²) in [6, 6.07) is 7.56. The first kappa shape index (κ1) is 13.9. The first-order valence-corrected chi connectivity index (χ1v) is 6.95. The molecule has 1 amide bonds. The van der Waals surface area contributed by atoms with Crippen LogP contribution < -0.4 is 10.1 Å². The molecule has 0 radical (unpaired) electrons. The summed E-state index contributed by atoms with van der Waals surface area (Å²) in [5.41, 5.74) is -0.329. The third-order valence-corrected chi connectivity index (χ3v) is 4.04. The van der Waals surface area contributed by atoms with Gasteiger partial charge in [-0.1, -0.05) is 18.2 Å². The standard InChI is InChI=1S/C15H17NO5/c17-13(16-15(14(18)19)5-6-20-9-15)11-7-10-3-1-2-4-12(10)21-8-11/h1-4,11H,5-9H2,(H,16,17)(H,18,19). The van der Waals surface area contributed by atoms with Gasteiger partial charge in [-0.25, -0.2) is 4.79 Å². The molecule has 1 aromatic rings. The predicted octanol–water partition coefficient (Wildman–Crippen LogP) is 0.598. The highest BCUT2D eigenvalue weighted by molar-refractivity contribution is 5.88. The summed E-state index contributed by atoms with van der Waals surface area (Å²) in [7, 11) is 0. The number of carboxylic acid groups (broad SMARTS) is 1. The van der Waals surface area contributed by atoms with E-state index in [-0.39, 0.29) is 31.5 Å². The molecule has 6 heteroatoms. The van der Waals surface area contributed by atoms with Crippen LogP contribution in [0.4, 0.5) is 0 Å². The van der Waals surface area contributed by atoms with Crippen molar-refractivity contribution in [3.63, 3.8) is 0 Å². The number of carboxylic acids is 1. The van der Waals surface area contributed by atoms with Crippen LogP contribution in [0.5, 0.6) is 5.75 Å². The Bertz CT molecular complexity index is 565. The number of fused-ring (bicyclic) bond motifs is 1. The normalized spacial score (nSPS) is 27.5. The van der Waals surface area contributed by atoms with Crippen molar-refractivity contribution in [3.05, 3.63) is 29.8 Å². The maximum Gasteiger partial charge on any atom is 0.331 e. The van der Waals surface area contributed by atoms with Crippen molar-refractivity contribution in [1.82, 2.24) is 5.32 Å². The Balaban J connectivity index is 1.71. The number of benzene rings is 1. The Hall–Kier alpha value is -2.08. The highest BCUT2D eigenvalue weighted by atomic mass is 16.5. The first-order valence-electron chi connectivity index (χ1n) is 6.95. The lowest BCUT2D eigenvalue weighted by molar-refractivity contribution is -0.148. The quantitative estimate of drug-likeness (QED) is 0.852. The van der Waals surface area contributed by atoms with Crippen molar-refractivity contribution in [1.29, 1.82) is 0 Å². The van der Waals surface area contributed by atoms with Crippen LogP contribution in [0.15, 0.2) is 24.3 Å². The number of para-hydroxylation sites is 1. The molecular formula is C15H17NO5. The Morgan fingerprint density at radius 2 is 2.14 bits per heavy atom. The third kappa shape index (κ3) is 2.58.